The average Bonchev–Trinajstić information content (AvgIpc) is 2.41. The van der Waals surface area contributed by atoms with Gasteiger partial charge in [0.05, 0.1) is 13.7 Å². The molecule has 0 fully saturated rings. The van der Waals surface area contributed by atoms with Gasteiger partial charge >= 0.3 is 0 Å². The largest absolute Gasteiger partial charge is 0.490 e. The Morgan fingerprint density at radius 2 is 2.16 bits per heavy atom. The third-order valence-corrected chi connectivity index (χ3v) is 2.77. The molecule has 1 rings (SSSR count). The number of nitrogens with zero attached hydrogens (tertiary/aromatic N) is 3. The van der Waals surface area contributed by atoms with E-state index in [1.165, 1.54) is 6.33 Å². The molecule has 108 valence electrons. The highest BCUT2D eigenvalue weighted by Gasteiger charge is 2.19. The normalized spacial score (nSPS) is 10.6. The third kappa shape index (κ3) is 3.96. The summed E-state index contributed by atoms with van der Waals surface area (Å²) < 4.78 is 5.44. The molecule has 1 heterocycles. The first-order valence-electron chi connectivity index (χ1n) is 6.66. The molecule has 0 atom stereocenters. The number of hydrogen-bond donors (Lipinski definition) is 2. The maximum Gasteiger partial charge on any atom is 0.204 e. The number of hydrogen-bond acceptors (Lipinski definition) is 6. The van der Waals surface area contributed by atoms with Gasteiger partial charge in [-0.3, -0.25) is 0 Å². The summed E-state index contributed by atoms with van der Waals surface area (Å²) in [5.41, 5.74) is 0. The van der Waals surface area contributed by atoms with Gasteiger partial charge in [0.1, 0.15) is 6.33 Å². The fraction of sp³-hybridized carbons (Fsp3) is 0.692. The van der Waals surface area contributed by atoms with Gasteiger partial charge in [-0.05, 0) is 20.3 Å². The molecule has 0 saturated carbocycles. The number of anilines is 2. The minimum Gasteiger partial charge on any atom is -0.490 e. The first-order valence-corrected chi connectivity index (χ1v) is 6.66. The van der Waals surface area contributed by atoms with Crippen molar-refractivity contribution in [2.75, 3.05) is 37.0 Å². The lowest BCUT2D eigenvalue weighted by molar-refractivity contribution is 0.297. The number of aromatic nitrogens is 2. The summed E-state index contributed by atoms with van der Waals surface area (Å²) in [5.74, 6) is 2.02. The van der Waals surface area contributed by atoms with Crippen LogP contribution in [0.3, 0.4) is 0 Å². The molecule has 0 radical (unpaired) electrons. The molecule has 0 saturated heterocycles. The minimum absolute atomic E-state index is 0.0725. The molecule has 0 amide bonds. The Balaban J connectivity index is 3.10. The number of methoxy groups -OCH3 is 1. The van der Waals surface area contributed by atoms with E-state index >= 15 is 0 Å². The summed E-state index contributed by atoms with van der Waals surface area (Å²) in [6, 6.07) is 0.218. The van der Waals surface area contributed by atoms with Crippen LogP contribution in [-0.4, -0.2) is 47.9 Å². The Morgan fingerprint density at radius 1 is 1.42 bits per heavy atom. The zero-order chi connectivity index (χ0) is 14.3. The van der Waals surface area contributed by atoms with Gasteiger partial charge in [-0.15, -0.1) is 0 Å². The van der Waals surface area contributed by atoms with Crippen molar-refractivity contribution in [1.29, 1.82) is 0 Å². The SMILES string of the molecule is CCCNc1ncnc(N(CCO)C(C)C)c1OC. The van der Waals surface area contributed by atoms with Crippen molar-refractivity contribution in [2.45, 2.75) is 33.2 Å². The van der Waals surface area contributed by atoms with Gasteiger partial charge in [-0.2, -0.15) is 0 Å². The van der Waals surface area contributed by atoms with Gasteiger partial charge in [-0.25, -0.2) is 9.97 Å². The number of aliphatic hydroxyl groups is 1. The Kier molecular flexibility index (Phi) is 6.35. The maximum absolute atomic E-state index is 9.18. The fourth-order valence-electron chi connectivity index (χ4n) is 1.84. The zero-order valence-corrected chi connectivity index (χ0v) is 12.2. The molecular weight excluding hydrogens is 244 g/mol. The summed E-state index contributed by atoms with van der Waals surface area (Å²) in [5, 5.41) is 12.4. The zero-order valence-electron chi connectivity index (χ0n) is 12.2. The van der Waals surface area contributed by atoms with Crippen LogP contribution in [-0.2, 0) is 0 Å². The summed E-state index contributed by atoms with van der Waals surface area (Å²) in [6.45, 7) is 7.61. The number of rotatable bonds is 8. The van der Waals surface area contributed by atoms with Gasteiger partial charge in [0.2, 0.25) is 5.75 Å². The molecule has 0 unspecified atom stereocenters. The van der Waals surface area contributed by atoms with Crippen LogP contribution in [0.5, 0.6) is 5.75 Å². The molecule has 6 heteroatoms. The Bertz CT molecular complexity index is 385. The number of nitrogens with one attached hydrogen (secondary N) is 1. The third-order valence-electron chi connectivity index (χ3n) is 2.77. The topological polar surface area (TPSA) is 70.5 Å². The predicted octanol–water partition coefficient (Wildman–Crippen LogP) is 1.51. The van der Waals surface area contributed by atoms with Crippen molar-refractivity contribution in [3.05, 3.63) is 6.33 Å². The van der Waals surface area contributed by atoms with E-state index in [0.29, 0.717) is 23.9 Å². The van der Waals surface area contributed by atoms with Crippen molar-refractivity contribution >= 4 is 11.6 Å². The Labute approximate surface area is 114 Å². The predicted molar refractivity (Wildman–Crippen MR) is 76.9 cm³/mol. The summed E-state index contributed by atoms with van der Waals surface area (Å²) in [6.07, 6.45) is 2.52. The first-order chi connectivity index (χ1) is 9.15. The highest BCUT2D eigenvalue weighted by molar-refractivity contribution is 5.65. The van der Waals surface area contributed by atoms with E-state index < -0.39 is 0 Å². The minimum atomic E-state index is 0.0725. The monoisotopic (exact) mass is 268 g/mol. The molecule has 1 aromatic rings. The summed E-state index contributed by atoms with van der Waals surface area (Å²) in [4.78, 5) is 10.5. The van der Waals surface area contributed by atoms with Crippen molar-refractivity contribution < 1.29 is 9.84 Å². The summed E-state index contributed by atoms with van der Waals surface area (Å²) >= 11 is 0. The van der Waals surface area contributed by atoms with E-state index in [1.54, 1.807) is 7.11 Å². The summed E-state index contributed by atoms with van der Waals surface area (Å²) in [7, 11) is 1.61. The lowest BCUT2D eigenvalue weighted by Gasteiger charge is -2.28. The second kappa shape index (κ2) is 7.78. The van der Waals surface area contributed by atoms with E-state index in [2.05, 4.69) is 36.1 Å². The van der Waals surface area contributed by atoms with E-state index in [9.17, 15) is 5.11 Å². The van der Waals surface area contributed by atoms with Crippen molar-refractivity contribution in [1.82, 2.24) is 9.97 Å². The van der Waals surface area contributed by atoms with E-state index in [4.69, 9.17) is 4.74 Å². The molecule has 2 N–H and O–H groups in total. The van der Waals surface area contributed by atoms with E-state index in [-0.39, 0.29) is 12.6 Å². The molecule has 0 aliphatic rings. The van der Waals surface area contributed by atoms with Crippen molar-refractivity contribution in [2.24, 2.45) is 0 Å². The van der Waals surface area contributed by atoms with Crippen LogP contribution in [0.15, 0.2) is 6.33 Å². The van der Waals surface area contributed by atoms with Crippen LogP contribution >= 0.6 is 0 Å². The van der Waals surface area contributed by atoms with Crippen LogP contribution in [0.4, 0.5) is 11.6 Å². The molecule has 0 aromatic carbocycles. The van der Waals surface area contributed by atoms with Crippen LogP contribution in [0.1, 0.15) is 27.2 Å². The maximum atomic E-state index is 9.18. The van der Waals surface area contributed by atoms with Crippen LogP contribution in [0.2, 0.25) is 0 Å². The lowest BCUT2D eigenvalue weighted by Crippen LogP contribution is -2.34. The molecule has 0 aliphatic carbocycles. The van der Waals surface area contributed by atoms with Gasteiger partial charge in [-0.1, -0.05) is 6.92 Å². The van der Waals surface area contributed by atoms with Crippen LogP contribution in [0.25, 0.3) is 0 Å². The van der Waals surface area contributed by atoms with Gasteiger partial charge < -0.3 is 20.1 Å². The number of aliphatic hydroxyl groups excluding tert-OH is 1. The Hall–Kier alpha value is -1.56. The molecular formula is C13H24N4O2. The van der Waals surface area contributed by atoms with Gasteiger partial charge in [0.15, 0.2) is 11.6 Å². The van der Waals surface area contributed by atoms with E-state index in [0.717, 1.165) is 13.0 Å². The second-order valence-corrected chi connectivity index (χ2v) is 4.52. The van der Waals surface area contributed by atoms with Gasteiger partial charge in [0, 0.05) is 19.1 Å². The van der Waals surface area contributed by atoms with E-state index in [1.807, 2.05) is 4.90 Å². The quantitative estimate of drug-likeness (QED) is 0.745. The molecule has 19 heavy (non-hydrogen) atoms. The second-order valence-electron chi connectivity index (χ2n) is 4.52. The Morgan fingerprint density at radius 3 is 2.68 bits per heavy atom. The molecule has 0 aliphatic heterocycles. The highest BCUT2D eigenvalue weighted by Crippen LogP contribution is 2.32. The lowest BCUT2D eigenvalue weighted by atomic mass is 10.3. The first kappa shape index (κ1) is 15.5. The van der Waals surface area contributed by atoms with Crippen molar-refractivity contribution in [3.8, 4) is 5.75 Å². The van der Waals surface area contributed by atoms with Crippen molar-refractivity contribution in [3.63, 3.8) is 0 Å². The average molecular weight is 268 g/mol. The molecule has 1 aromatic heterocycles. The smallest absolute Gasteiger partial charge is 0.204 e. The molecule has 6 nitrogen and oxygen atoms in total. The standard InChI is InChI=1S/C13H24N4O2/c1-5-6-14-12-11(19-4)13(16-9-15-12)17(7-8-18)10(2)3/h9-10,18H,5-8H2,1-4H3,(H,14,15,16). The molecule has 0 bridgehead atoms. The molecule has 0 spiro atoms. The van der Waals surface area contributed by atoms with Crippen LogP contribution < -0.4 is 15.0 Å². The fourth-order valence-corrected chi connectivity index (χ4v) is 1.84. The van der Waals surface area contributed by atoms with Crippen LogP contribution in [0, 0.1) is 0 Å². The number of ether oxygens (including phenoxy) is 1. The highest BCUT2D eigenvalue weighted by atomic mass is 16.5. The van der Waals surface area contributed by atoms with Gasteiger partial charge in [0.25, 0.3) is 0 Å².